The lowest BCUT2D eigenvalue weighted by atomic mass is 10.0. The van der Waals surface area contributed by atoms with Crippen LogP contribution in [-0.2, 0) is 14.2 Å². The van der Waals surface area contributed by atoms with Gasteiger partial charge in [-0.15, -0.1) is 0 Å². The number of nitrogens with zero attached hydrogens (tertiary/aromatic N) is 4. The molecule has 3 saturated heterocycles. The van der Waals surface area contributed by atoms with Crippen molar-refractivity contribution in [2.45, 2.75) is 57.5 Å². The molecule has 0 unspecified atom stereocenters. The number of rotatable bonds is 6. The Bertz CT molecular complexity index is 1180. The summed E-state index contributed by atoms with van der Waals surface area (Å²) in [5.74, 6) is -0.344. The second-order valence-corrected chi connectivity index (χ2v) is 11.1. The van der Waals surface area contributed by atoms with Gasteiger partial charge in [-0.3, -0.25) is 4.79 Å². The highest BCUT2D eigenvalue weighted by atomic mass is 16.7. The Balaban J connectivity index is 1.21. The monoisotopic (exact) mass is 539 g/mol. The maximum Gasteiger partial charge on any atom is 0.410 e. The topological polar surface area (TPSA) is 144 Å². The van der Waals surface area contributed by atoms with Crippen molar-refractivity contribution in [3.63, 3.8) is 0 Å². The van der Waals surface area contributed by atoms with Crippen LogP contribution in [0.5, 0.6) is 0 Å². The number of hydrogen-bond donors (Lipinski definition) is 3. The summed E-state index contributed by atoms with van der Waals surface area (Å²) in [6.07, 6.45) is 3.54. The fourth-order valence-corrected chi connectivity index (χ4v) is 5.09. The minimum Gasteiger partial charge on any atom is -0.444 e. The lowest BCUT2D eigenvalue weighted by Gasteiger charge is -2.38. The Labute approximate surface area is 228 Å². The first-order valence-corrected chi connectivity index (χ1v) is 13.4. The molecule has 3 aliphatic rings. The van der Waals surface area contributed by atoms with Gasteiger partial charge in [0.2, 0.25) is 0 Å². The standard InChI is InChI=1S/C27H37N7O5/c1-26(2,3)39-25(36)34-11-8-19(17-34)30-21-16-29-22(23(28)35)24(32-21)31-18-4-6-20(7-5-18)33-12-9-27(10-13-33)37-14-15-38-27/h4-7,16,19H,8-15,17H2,1-3H3,(H2,28,35)(H2,30,31,32)/t19-/m1/s1. The molecule has 5 rings (SSSR count). The van der Waals surface area contributed by atoms with Gasteiger partial charge in [-0.1, -0.05) is 0 Å². The van der Waals surface area contributed by atoms with E-state index in [4.69, 9.17) is 19.9 Å². The van der Waals surface area contributed by atoms with Crippen LogP contribution in [0.15, 0.2) is 30.5 Å². The molecule has 4 heterocycles. The fourth-order valence-electron chi connectivity index (χ4n) is 5.09. The first-order chi connectivity index (χ1) is 18.6. The summed E-state index contributed by atoms with van der Waals surface area (Å²) in [5.41, 5.74) is 6.91. The number of primary amides is 1. The van der Waals surface area contributed by atoms with Gasteiger partial charge in [0, 0.05) is 56.4 Å². The summed E-state index contributed by atoms with van der Waals surface area (Å²) in [6, 6.07) is 7.90. The van der Waals surface area contributed by atoms with E-state index in [0.29, 0.717) is 32.1 Å². The minimum atomic E-state index is -0.677. The smallest absolute Gasteiger partial charge is 0.410 e. The molecule has 12 nitrogen and oxygen atoms in total. The van der Waals surface area contributed by atoms with E-state index in [9.17, 15) is 9.59 Å². The third kappa shape index (κ3) is 6.51. The lowest BCUT2D eigenvalue weighted by molar-refractivity contribution is -0.169. The van der Waals surface area contributed by atoms with Gasteiger partial charge in [-0.2, -0.15) is 0 Å². The Hall–Kier alpha value is -3.64. The average molecular weight is 540 g/mol. The number of carbonyl (C=O) groups is 2. The van der Waals surface area contributed by atoms with Crippen molar-refractivity contribution < 1.29 is 23.8 Å². The summed E-state index contributed by atoms with van der Waals surface area (Å²) in [5, 5.41) is 6.50. The first kappa shape index (κ1) is 26.9. The van der Waals surface area contributed by atoms with Gasteiger partial charge < -0.3 is 40.4 Å². The molecule has 1 aromatic heterocycles. The van der Waals surface area contributed by atoms with Crippen molar-refractivity contribution in [2.24, 2.45) is 5.73 Å². The van der Waals surface area contributed by atoms with E-state index < -0.39 is 17.3 Å². The SMILES string of the molecule is CC(C)(C)OC(=O)N1CC[C@@H](Nc2cnc(C(N)=O)c(Nc3ccc(N4CCC5(CC4)OCCO5)cc3)n2)C1. The van der Waals surface area contributed by atoms with Crippen molar-refractivity contribution >= 4 is 35.0 Å². The lowest BCUT2D eigenvalue weighted by Crippen LogP contribution is -2.45. The Morgan fingerprint density at radius 1 is 1.10 bits per heavy atom. The van der Waals surface area contributed by atoms with Crippen molar-refractivity contribution in [1.82, 2.24) is 14.9 Å². The molecule has 2 aromatic rings. The van der Waals surface area contributed by atoms with Crippen LogP contribution in [0.2, 0.25) is 0 Å². The van der Waals surface area contributed by atoms with Crippen LogP contribution in [0, 0.1) is 0 Å². The maximum atomic E-state index is 12.4. The van der Waals surface area contributed by atoms with E-state index in [0.717, 1.165) is 43.7 Å². The van der Waals surface area contributed by atoms with Crippen LogP contribution in [0.3, 0.4) is 0 Å². The third-order valence-electron chi connectivity index (χ3n) is 7.03. The molecule has 1 spiro atoms. The maximum absolute atomic E-state index is 12.4. The van der Waals surface area contributed by atoms with Gasteiger partial charge in [0.05, 0.1) is 19.4 Å². The number of piperidine rings is 1. The molecule has 3 aliphatic heterocycles. The average Bonchev–Trinajstić information content (AvgIpc) is 3.54. The van der Waals surface area contributed by atoms with Gasteiger partial charge in [0.25, 0.3) is 5.91 Å². The third-order valence-corrected chi connectivity index (χ3v) is 7.03. The number of ether oxygens (including phenoxy) is 3. The molecule has 2 amide bonds. The second kappa shape index (κ2) is 10.9. The highest BCUT2D eigenvalue weighted by molar-refractivity contribution is 5.96. The van der Waals surface area contributed by atoms with Crippen LogP contribution >= 0.6 is 0 Å². The van der Waals surface area contributed by atoms with Crippen molar-refractivity contribution in [3.8, 4) is 0 Å². The number of aromatic nitrogens is 2. The largest absolute Gasteiger partial charge is 0.444 e. The molecule has 1 atom stereocenters. The van der Waals surface area contributed by atoms with Gasteiger partial charge >= 0.3 is 6.09 Å². The summed E-state index contributed by atoms with van der Waals surface area (Å²) >= 11 is 0. The Morgan fingerprint density at radius 2 is 1.79 bits per heavy atom. The van der Waals surface area contributed by atoms with E-state index >= 15 is 0 Å². The fraction of sp³-hybridized carbons (Fsp3) is 0.556. The van der Waals surface area contributed by atoms with Crippen LogP contribution in [0.4, 0.5) is 27.8 Å². The summed E-state index contributed by atoms with van der Waals surface area (Å²) in [6.45, 7) is 9.63. The highest BCUT2D eigenvalue weighted by Crippen LogP contribution is 2.33. The van der Waals surface area contributed by atoms with Crippen molar-refractivity contribution in [1.29, 1.82) is 0 Å². The minimum absolute atomic E-state index is 0.0258. The normalized spacial score (nSPS) is 20.7. The van der Waals surface area contributed by atoms with E-state index in [1.165, 1.54) is 6.20 Å². The van der Waals surface area contributed by atoms with Crippen LogP contribution in [-0.4, -0.2) is 83.7 Å². The van der Waals surface area contributed by atoms with Gasteiger partial charge in [0.15, 0.2) is 17.3 Å². The predicted octanol–water partition coefficient (Wildman–Crippen LogP) is 3.08. The zero-order chi connectivity index (χ0) is 27.6. The predicted molar refractivity (Wildman–Crippen MR) is 146 cm³/mol. The van der Waals surface area contributed by atoms with Crippen LogP contribution in [0.1, 0.15) is 50.5 Å². The molecule has 0 saturated carbocycles. The Kier molecular flexibility index (Phi) is 7.50. The molecule has 12 heteroatoms. The number of nitrogens with two attached hydrogens (primary N) is 1. The van der Waals surface area contributed by atoms with Crippen molar-refractivity contribution in [3.05, 3.63) is 36.2 Å². The van der Waals surface area contributed by atoms with Gasteiger partial charge in [-0.25, -0.2) is 14.8 Å². The van der Waals surface area contributed by atoms with Gasteiger partial charge in [0.1, 0.15) is 11.4 Å². The highest BCUT2D eigenvalue weighted by Gasteiger charge is 2.39. The summed E-state index contributed by atoms with van der Waals surface area (Å²) < 4.78 is 17.1. The number of benzene rings is 1. The zero-order valence-electron chi connectivity index (χ0n) is 22.7. The number of hydrogen-bond acceptors (Lipinski definition) is 10. The van der Waals surface area contributed by atoms with E-state index in [2.05, 4.69) is 25.5 Å². The number of anilines is 4. The van der Waals surface area contributed by atoms with E-state index in [-0.39, 0.29) is 23.6 Å². The molecule has 39 heavy (non-hydrogen) atoms. The second-order valence-electron chi connectivity index (χ2n) is 11.1. The van der Waals surface area contributed by atoms with Crippen LogP contribution < -0.4 is 21.3 Å². The molecule has 0 aliphatic carbocycles. The van der Waals surface area contributed by atoms with Crippen LogP contribution in [0.25, 0.3) is 0 Å². The number of nitrogens with one attached hydrogen (secondary N) is 2. The summed E-state index contributed by atoms with van der Waals surface area (Å²) in [7, 11) is 0. The number of carbonyl (C=O) groups excluding carboxylic acids is 2. The van der Waals surface area contributed by atoms with Gasteiger partial charge in [-0.05, 0) is 51.5 Å². The molecule has 0 radical (unpaired) electrons. The van der Waals surface area contributed by atoms with E-state index in [1.807, 2.05) is 45.0 Å². The molecule has 0 bridgehead atoms. The Morgan fingerprint density at radius 3 is 2.44 bits per heavy atom. The van der Waals surface area contributed by atoms with E-state index in [1.54, 1.807) is 4.90 Å². The molecule has 4 N–H and O–H groups in total. The number of likely N-dealkylation sites (tertiary alicyclic amines) is 1. The zero-order valence-corrected chi connectivity index (χ0v) is 22.7. The van der Waals surface area contributed by atoms with Crippen molar-refractivity contribution in [2.75, 3.05) is 54.9 Å². The number of amides is 2. The molecule has 3 fully saturated rings. The molecule has 210 valence electrons. The molecular formula is C27H37N7O5. The molecular weight excluding hydrogens is 502 g/mol. The quantitative estimate of drug-likeness (QED) is 0.501. The first-order valence-electron chi connectivity index (χ1n) is 13.4. The summed E-state index contributed by atoms with van der Waals surface area (Å²) in [4.78, 5) is 37.2. The molecule has 1 aromatic carbocycles.